The van der Waals surface area contributed by atoms with Gasteiger partial charge in [0.2, 0.25) is 0 Å². The molecule has 0 aliphatic heterocycles. The highest BCUT2D eigenvalue weighted by molar-refractivity contribution is 5.08. The van der Waals surface area contributed by atoms with E-state index >= 15 is 0 Å². The molecule has 0 spiro atoms. The number of H-pyrrole nitrogens is 1. The van der Waals surface area contributed by atoms with Gasteiger partial charge in [-0.15, -0.1) is 0 Å². The zero-order chi connectivity index (χ0) is 12.1. The molecule has 0 aromatic carbocycles. The molecule has 0 aliphatic rings. The van der Waals surface area contributed by atoms with Crippen LogP contribution >= 0.6 is 0 Å². The molecule has 0 bridgehead atoms. The first kappa shape index (κ1) is 11.8. The third-order valence-corrected chi connectivity index (χ3v) is 2.73. The van der Waals surface area contributed by atoms with Gasteiger partial charge in [0.15, 0.2) is 0 Å². The average Bonchev–Trinajstić information content (AvgIpc) is 2.95. The Morgan fingerprint density at radius 1 is 1.53 bits per heavy atom. The van der Waals surface area contributed by atoms with Gasteiger partial charge in [0.05, 0.1) is 6.20 Å². The van der Waals surface area contributed by atoms with Gasteiger partial charge in [0.1, 0.15) is 12.2 Å². The van der Waals surface area contributed by atoms with E-state index in [1.165, 1.54) is 5.56 Å². The lowest BCUT2D eigenvalue weighted by Crippen LogP contribution is -2.20. The standard InChI is InChI=1S/C11H18N6/c1-9(10-6-15-17(2)7-10)12-5-3-4-11-13-8-14-16-11/h6-9,12H,3-5H2,1-2H3,(H,13,14,16). The summed E-state index contributed by atoms with van der Waals surface area (Å²) in [6, 6.07) is 0.332. The molecule has 1 atom stereocenters. The quantitative estimate of drug-likeness (QED) is 0.726. The van der Waals surface area contributed by atoms with E-state index in [0.29, 0.717) is 6.04 Å². The van der Waals surface area contributed by atoms with Gasteiger partial charge in [-0.2, -0.15) is 10.2 Å². The van der Waals surface area contributed by atoms with E-state index < -0.39 is 0 Å². The van der Waals surface area contributed by atoms with Crippen LogP contribution in [-0.2, 0) is 13.5 Å². The number of nitrogens with one attached hydrogen (secondary N) is 2. The number of hydrogen-bond acceptors (Lipinski definition) is 4. The van der Waals surface area contributed by atoms with Crippen LogP contribution in [0.5, 0.6) is 0 Å². The predicted molar refractivity (Wildman–Crippen MR) is 64.3 cm³/mol. The topological polar surface area (TPSA) is 71.4 Å². The lowest BCUT2D eigenvalue weighted by Gasteiger charge is -2.11. The molecule has 0 aliphatic carbocycles. The molecule has 6 nitrogen and oxygen atoms in total. The Labute approximate surface area is 100 Å². The molecule has 1 unspecified atom stereocenters. The first-order valence-electron chi connectivity index (χ1n) is 5.82. The van der Waals surface area contributed by atoms with Crippen molar-refractivity contribution in [3.8, 4) is 0 Å². The van der Waals surface area contributed by atoms with E-state index in [2.05, 4.69) is 32.5 Å². The van der Waals surface area contributed by atoms with Gasteiger partial charge in [-0.1, -0.05) is 0 Å². The first-order valence-corrected chi connectivity index (χ1v) is 5.82. The van der Waals surface area contributed by atoms with E-state index in [-0.39, 0.29) is 0 Å². The fourth-order valence-electron chi connectivity index (χ4n) is 1.71. The van der Waals surface area contributed by atoms with Crippen molar-refractivity contribution in [3.05, 3.63) is 30.1 Å². The molecule has 0 fully saturated rings. The second-order valence-electron chi connectivity index (χ2n) is 4.16. The zero-order valence-electron chi connectivity index (χ0n) is 10.2. The van der Waals surface area contributed by atoms with Crippen LogP contribution in [0.2, 0.25) is 0 Å². The van der Waals surface area contributed by atoms with Crippen LogP contribution in [0, 0.1) is 0 Å². The summed E-state index contributed by atoms with van der Waals surface area (Å²) in [5, 5.41) is 14.3. The fraction of sp³-hybridized carbons (Fsp3) is 0.545. The van der Waals surface area contributed by atoms with Crippen LogP contribution in [0.4, 0.5) is 0 Å². The molecule has 2 aromatic rings. The Morgan fingerprint density at radius 3 is 3.06 bits per heavy atom. The molecule has 0 radical (unpaired) electrons. The van der Waals surface area contributed by atoms with Gasteiger partial charge in [0, 0.05) is 31.3 Å². The summed E-state index contributed by atoms with van der Waals surface area (Å²) in [4.78, 5) is 4.09. The van der Waals surface area contributed by atoms with Crippen molar-refractivity contribution in [1.29, 1.82) is 0 Å². The minimum absolute atomic E-state index is 0.332. The third kappa shape index (κ3) is 3.39. The van der Waals surface area contributed by atoms with Crippen molar-refractivity contribution in [1.82, 2.24) is 30.3 Å². The monoisotopic (exact) mass is 234 g/mol. The van der Waals surface area contributed by atoms with Crippen molar-refractivity contribution in [2.45, 2.75) is 25.8 Å². The summed E-state index contributed by atoms with van der Waals surface area (Å²) >= 11 is 0. The van der Waals surface area contributed by atoms with Crippen molar-refractivity contribution < 1.29 is 0 Å². The van der Waals surface area contributed by atoms with Crippen LogP contribution in [0.25, 0.3) is 0 Å². The minimum Gasteiger partial charge on any atom is -0.310 e. The van der Waals surface area contributed by atoms with E-state index in [9.17, 15) is 0 Å². The maximum Gasteiger partial charge on any atom is 0.137 e. The smallest absolute Gasteiger partial charge is 0.137 e. The fourth-order valence-corrected chi connectivity index (χ4v) is 1.71. The molecule has 0 saturated heterocycles. The summed E-state index contributed by atoms with van der Waals surface area (Å²) in [6.45, 7) is 3.10. The third-order valence-electron chi connectivity index (χ3n) is 2.73. The number of hydrogen-bond donors (Lipinski definition) is 2. The van der Waals surface area contributed by atoms with Gasteiger partial charge in [-0.25, -0.2) is 4.98 Å². The lowest BCUT2D eigenvalue weighted by molar-refractivity contribution is 0.554. The van der Waals surface area contributed by atoms with E-state index in [1.807, 2.05) is 24.1 Å². The minimum atomic E-state index is 0.332. The molecule has 2 aromatic heterocycles. The Bertz CT molecular complexity index is 433. The Balaban J connectivity index is 1.68. The molecular formula is C11H18N6. The number of aromatic nitrogens is 5. The van der Waals surface area contributed by atoms with Gasteiger partial charge in [0.25, 0.3) is 0 Å². The molecule has 17 heavy (non-hydrogen) atoms. The second kappa shape index (κ2) is 5.58. The Morgan fingerprint density at radius 2 is 2.41 bits per heavy atom. The van der Waals surface area contributed by atoms with Crippen LogP contribution in [-0.4, -0.2) is 31.5 Å². The normalized spacial score (nSPS) is 12.8. The van der Waals surface area contributed by atoms with E-state index in [1.54, 1.807) is 6.33 Å². The second-order valence-corrected chi connectivity index (χ2v) is 4.16. The largest absolute Gasteiger partial charge is 0.310 e. The number of nitrogens with zero attached hydrogens (tertiary/aromatic N) is 4. The number of aromatic amines is 1. The molecule has 0 amide bonds. The van der Waals surface area contributed by atoms with Gasteiger partial charge in [-0.05, 0) is 19.9 Å². The lowest BCUT2D eigenvalue weighted by atomic mass is 10.2. The highest BCUT2D eigenvalue weighted by Gasteiger charge is 2.06. The first-order chi connectivity index (χ1) is 8.25. The van der Waals surface area contributed by atoms with Gasteiger partial charge >= 0.3 is 0 Å². The molecule has 2 rings (SSSR count). The van der Waals surface area contributed by atoms with Crippen LogP contribution in [0.15, 0.2) is 18.7 Å². The molecule has 6 heteroatoms. The van der Waals surface area contributed by atoms with Crippen LogP contribution in [0.1, 0.15) is 30.8 Å². The van der Waals surface area contributed by atoms with Crippen molar-refractivity contribution in [2.24, 2.45) is 7.05 Å². The number of rotatable bonds is 6. The molecule has 2 heterocycles. The Kier molecular flexibility index (Phi) is 3.87. The summed E-state index contributed by atoms with van der Waals surface area (Å²) < 4.78 is 1.82. The summed E-state index contributed by atoms with van der Waals surface area (Å²) in [5.41, 5.74) is 1.21. The molecule has 2 N–H and O–H groups in total. The van der Waals surface area contributed by atoms with Crippen molar-refractivity contribution in [2.75, 3.05) is 6.54 Å². The summed E-state index contributed by atoms with van der Waals surface area (Å²) in [7, 11) is 1.93. The van der Waals surface area contributed by atoms with Crippen LogP contribution in [0.3, 0.4) is 0 Å². The Hall–Kier alpha value is -1.69. The van der Waals surface area contributed by atoms with Gasteiger partial charge < -0.3 is 5.32 Å². The average molecular weight is 234 g/mol. The summed E-state index contributed by atoms with van der Waals surface area (Å²) in [6.07, 6.45) is 7.44. The molecule has 92 valence electrons. The van der Waals surface area contributed by atoms with Crippen molar-refractivity contribution in [3.63, 3.8) is 0 Å². The highest BCUT2D eigenvalue weighted by Crippen LogP contribution is 2.09. The van der Waals surface area contributed by atoms with Crippen molar-refractivity contribution >= 4 is 0 Å². The van der Waals surface area contributed by atoms with E-state index in [4.69, 9.17) is 0 Å². The van der Waals surface area contributed by atoms with Gasteiger partial charge in [-0.3, -0.25) is 9.78 Å². The SMILES string of the molecule is CC(NCCCc1ncn[nH]1)c1cnn(C)c1. The number of aryl methyl sites for hydroxylation is 2. The maximum atomic E-state index is 4.16. The zero-order valence-corrected chi connectivity index (χ0v) is 10.2. The summed E-state index contributed by atoms with van der Waals surface area (Å²) in [5.74, 6) is 0.945. The predicted octanol–water partition coefficient (Wildman–Crippen LogP) is 0.822. The molecular weight excluding hydrogens is 216 g/mol. The maximum absolute atomic E-state index is 4.16. The molecule has 0 saturated carbocycles. The van der Waals surface area contributed by atoms with E-state index in [0.717, 1.165) is 25.2 Å². The van der Waals surface area contributed by atoms with Crippen LogP contribution < -0.4 is 5.32 Å². The highest BCUT2D eigenvalue weighted by atomic mass is 15.2.